The first-order valence-electron chi connectivity index (χ1n) is 19.3. The lowest BCUT2D eigenvalue weighted by atomic mass is 9.94. The van der Waals surface area contributed by atoms with Gasteiger partial charge in [0.1, 0.15) is 0 Å². The first kappa shape index (κ1) is 46.5. The molecule has 0 bridgehead atoms. The molecule has 0 aliphatic carbocycles. The van der Waals surface area contributed by atoms with Crippen LogP contribution in [0.2, 0.25) is 0 Å². The van der Waals surface area contributed by atoms with Gasteiger partial charge in [0.2, 0.25) is 0 Å². The van der Waals surface area contributed by atoms with Crippen molar-refractivity contribution in [2.24, 2.45) is 5.92 Å². The summed E-state index contributed by atoms with van der Waals surface area (Å²) < 4.78 is 33.6. The molecular formula is C38H79NO5S. The molecule has 6 nitrogen and oxygen atoms in total. The summed E-state index contributed by atoms with van der Waals surface area (Å²) >= 11 is 0. The quantitative estimate of drug-likeness (QED) is 0.0310. The normalized spacial score (nSPS) is 12.5. The van der Waals surface area contributed by atoms with Crippen LogP contribution in [0.1, 0.15) is 194 Å². The Balaban J connectivity index is 0. The Morgan fingerprint density at radius 2 is 0.800 bits per heavy atom. The molecular weight excluding hydrogens is 582 g/mol. The van der Waals surface area contributed by atoms with E-state index in [1.165, 1.54) is 180 Å². The highest BCUT2D eigenvalue weighted by Crippen LogP contribution is 2.21. The van der Waals surface area contributed by atoms with Crippen LogP contribution in [0.4, 0.5) is 0 Å². The summed E-state index contributed by atoms with van der Waals surface area (Å²) in [4.78, 5) is 12.3. The molecule has 0 aromatic heterocycles. The van der Waals surface area contributed by atoms with Gasteiger partial charge >= 0.3 is 5.97 Å². The summed E-state index contributed by atoms with van der Waals surface area (Å²) in [6.45, 7) is 5.69. The number of hydrogen-bond donors (Lipinski definition) is 0. The van der Waals surface area contributed by atoms with Gasteiger partial charge in [0.15, 0.2) is 6.54 Å². The van der Waals surface area contributed by atoms with Crippen LogP contribution in [0.3, 0.4) is 0 Å². The lowest BCUT2D eigenvalue weighted by Crippen LogP contribution is -2.40. The molecule has 0 aromatic carbocycles. The van der Waals surface area contributed by atoms with Gasteiger partial charge in [0, 0.05) is 6.26 Å². The Kier molecular flexibility index (Phi) is 34.3. The summed E-state index contributed by atoms with van der Waals surface area (Å²) in [6, 6.07) is 0. The van der Waals surface area contributed by atoms with Gasteiger partial charge in [-0.1, -0.05) is 181 Å². The van der Waals surface area contributed by atoms with E-state index in [0.717, 1.165) is 0 Å². The van der Waals surface area contributed by atoms with Crippen molar-refractivity contribution in [3.63, 3.8) is 0 Å². The highest BCUT2D eigenvalue weighted by Gasteiger charge is 2.18. The van der Waals surface area contributed by atoms with Crippen LogP contribution < -0.4 is 0 Å². The SMILES string of the molecule is CCCCCCCCCCCCCCCCC(CCCCCCCCCCCCCC)COC(=O)C[N+](C)(C)C.CS(=O)(=O)[O-]. The van der Waals surface area contributed by atoms with Gasteiger partial charge in [-0.3, -0.25) is 0 Å². The van der Waals surface area contributed by atoms with E-state index in [2.05, 4.69) is 35.0 Å². The topological polar surface area (TPSA) is 83.5 Å². The summed E-state index contributed by atoms with van der Waals surface area (Å²) in [5.74, 6) is 0.519. The van der Waals surface area contributed by atoms with Crippen molar-refractivity contribution in [3.05, 3.63) is 0 Å². The largest absolute Gasteiger partial charge is 0.748 e. The van der Waals surface area contributed by atoms with Gasteiger partial charge in [-0.2, -0.15) is 0 Å². The minimum atomic E-state index is -3.92. The zero-order valence-electron chi connectivity index (χ0n) is 31.2. The van der Waals surface area contributed by atoms with E-state index < -0.39 is 10.1 Å². The molecule has 0 spiro atoms. The molecule has 0 fully saturated rings. The van der Waals surface area contributed by atoms with Gasteiger partial charge in [0.25, 0.3) is 0 Å². The number of rotatable bonds is 32. The molecule has 0 aliphatic heterocycles. The van der Waals surface area contributed by atoms with Crippen molar-refractivity contribution in [1.82, 2.24) is 0 Å². The van der Waals surface area contributed by atoms with Crippen molar-refractivity contribution in [3.8, 4) is 0 Å². The Morgan fingerprint density at radius 1 is 0.556 bits per heavy atom. The maximum absolute atomic E-state index is 12.3. The zero-order chi connectivity index (χ0) is 34.1. The predicted molar refractivity (Wildman–Crippen MR) is 194 cm³/mol. The van der Waals surface area contributed by atoms with Crippen LogP contribution in [-0.2, 0) is 19.6 Å². The number of ether oxygens (including phenoxy) is 1. The van der Waals surface area contributed by atoms with Crippen molar-refractivity contribution in [1.29, 1.82) is 0 Å². The van der Waals surface area contributed by atoms with Gasteiger partial charge in [-0.15, -0.1) is 0 Å². The van der Waals surface area contributed by atoms with Crippen LogP contribution in [0.25, 0.3) is 0 Å². The fourth-order valence-corrected chi connectivity index (χ4v) is 5.86. The van der Waals surface area contributed by atoms with E-state index in [1.54, 1.807) is 0 Å². The van der Waals surface area contributed by atoms with E-state index >= 15 is 0 Å². The first-order valence-corrected chi connectivity index (χ1v) is 21.1. The molecule has 7 heteroatoms. The average Bonchev–Trinajstić information content (AvgIpc) is 2.94. The van der Waals surface area contributed by atoms with Crippen molar-refractivity contribution >= 4 is 16.1 Å². The molecule has 272 valence electrons. The van der Waals surface area contributed by atoms with E-state index in [4.69, 9.17) is 17.7 Å². The predicted octanol–water partition coefficient (Wildman–Crippen LogP) is 11.0. The van der Waals surface area contributed by atoms with Gasteiger partial charge in [-0.05, 0) is 18.8 Å². The second-order valence-corrected chi connectivity index (χ2v) is 16.2. The minimum absolute atomic E-state index is 0.0341. The Labute approximate surface area is 282 Å². The third-order valence-corrected chi connectivity index (χ3v) is 8.52. The molecule has 0 aliphatic rings. The number of nitrogens with zero attached hydrogens (tertiary/aromatic N) is 1. The van der Waals surface area contributed by atoms with Gasteiger partial charge < -0.3 is 13.8 Å². The maximum Gasteiger partial charge on any atom is 0.361 e. The molecule has 0 heterocycles. The average molecular weight is 662 g/mol. The minimum Gasteiger partial charge on any atom is -0.748 e. The van der Waals surface area contributed by atoms with Crippen molar-refractivity contribution in [2.75, 3.05) is 40.6 Å². The third kappa shape index (κ3) is 47.9. The fraction of sp³-hybridized carbons (Fsp3) is 0.974. The summed E-state index contributed by atoms with van der Waals surface area (Å²) in [7, 11) is 2.25. The standard InChI is InChI=1S/C37H76NO2.CH4O3S/c1-6-8-10-12-14-16-18-20-21-23-25-27-29-31-33-36(35-40-37(39)34-38(3,4)5)32-30-28-26-24-22-19-17-15-13-11-9-7-2;1-5(2,3)4/h36H,6-35H2,1-5H3;1H3,(H,2,3,4)/q+1;/p-1. The second kappa shape index (κ2) is 33.2. The monoisotopic (exact) mass is 662 g/mol. The van der Waals surface area contributed by atoms with Crippen LogP contribution >= 0.6 is 0 Å². The number of carbonyl (C=O) groups excluding carboxylic acids is 1. The molecule has 0 amide bonds. The van der Waals surface area contributed by atoms with Gasteiger partial charge in [-0.25, -0.2) is 13.2 Å². The molecule has 0 N–H and O–H groups in total. The fourth-order valence-electron chi connectivity index (χ4n) is 5.86. The molecule has 0 radical (unpaired) electrons. The van der Waals surface area contributed by atoms with Crippen LogP contribution in [0.5, 0.6) is 0 Å². The van der Waals surface area contributed by atoms with Crippen LogP contribution in [-0.4, -0.2) is 64.0 Å². The van der Waals surface area contributed by atoms with E-state index in [9.17, 15) is 4.79 Å². The van der Waals surface area contributed by atoms with Crippen LogP contribution in [0.15, 0.2) is 0 Å². The maximum atomic E-state index is 12.3. The number of hydrogen-bond acceptors (Lipinski definition) is 5. The molecule has 0 saturated heterocycles. The number of quaternary nitrogens is 1. The molecule has 0 rings (SSSR count). The molecule has 0 aromatic rings. The number of esters is 1. The lowest BCUT2D eigenvalue weighted by molar-refractivity contribution is -0.862. The Hall–Kier alpha value is -0.660. The number of unbranched alkanes of at least 4 members (excludes halogenated alkanes) is 24. The number of likely N-dealkylation sites (N-methyl/N-ethyl adjacent to an activating group) is 1. The molecule has 45 heavy (non-hydrogen) atoms. The highest BCUT2D eigenvalue weighted by atomic mass is 32.2. The van der Waals surface area contributed by atoms with Gasteiger partial charge in [0.05, 0.1) is 37.9 Å². The number of carbonyl (C=O) groups is 1. The first-order chi connectivity index (χ1) is 21.4. The summed E-state index contributed by atoms with van der Waals surface area (Å²) in [5.41, 5.74) is 0. The third-order valence-electron chi connectivity index (χ3n) is 8.52. The smallest absolute Gasteiger partial charge is 0.361 e. The van der Waals surface area contributed by atoms with Crippen molar-refractivity contribution in [2.45, 2.75) is 194 Å². The summed E-state index contributed by atoms with van der Waals surface area (Å²) in [5, 5.41) is 0. The molecule has 1 atom stereocenters. The summed E-state index contributed by atoms with van der Waals surface area (Å²) in [6.07, 6.45) is 39.5. The zero-order valence-corrected chi connectivity index (χ0v) is 32.0. The highest BCUT2D eigenvalue weighted by molar-refractivity contribution is 7.84. The lowest BCUT2D eigenvalue weighted by Gasteiger charge is -2.23. The second-order valence-electron chi connectivity index (χ2n) is 14.8. The van der Waals surface area contributed by atoms with E-state index in [-0.39, 0.29) is 5.97 Å². The van der Waals surface area contributed by atoms with Crippen molar-refractivity contribution < 1.29 is 27.0 Å². The van der Waals surface area contributed by atoms with Crippen LogP contribution in [0, 0.1) is 5.92 Å². The van der Waals surface area contributed by atoms with E-state index in [0.29, 0.717) is 29.8 Å². The molecule has 0 saturated carbocycles. The van der Waals surface area contributed by atoms with E-state index in [1.807, 2.05) is 0 Å². The Morgan fingerprint density at radius 3 is 1.04 bits per heavy atom. The molecule has 1 unspecified atom stereocenters. The Bertz CT molecular complexity index is 712.